The second-order valence-corrected chi connectivity index (χ2v) is 7.13. The van der Waals surface area contributed by atoms with Gasteiger partial charge < -0.3 is 14.2 Å². The van der Waals surface area contributed by atoms with Crippen molar-refractivity contribution in [2.75, 3.05) is 21.3 Å². The van der Waals surface area contributed by atoms with Gasteiger partial charge in [0.2, 0.25) is 0 Å². The molecule has 0 aliphatic carbocycles. The van der Waals surface area contributed by atoms with Gasteiger partial charge in [-0.15, -0.1) is 0 Å². The van der Waals surface area contributed by atoms with Gasteiger partial charge in [-0.25, -0.2) is 0 Å². The minimum Gasteiger partial charge on any atom is -0.497 e. The highest BCUT2D eigenvalue weighted by molar-refractivity contribution is 6.01. The average molecular weight is 418 g/mol. The van der Waals surface area contributed by atoms with E-state index in [1.807, 2.05) is 36.4 Å². The Bertz CT molecular complexity index is 978. The van der Waals surface area contributed by atoms with E-state index in [1.54, 1.807) is 43.5 Å². The normalized spacial score (nSPS) is 10.6. The molecular formula is C26H26O5. The first-order valence-corrected chi connectivity index (χ1v) is 10.0. The number of hydrogen-bond donors (Lipinski definition) is 0. The van der Waals surface area contributed by atoms with Crippen LogP contribution in [0.15, 0.2) is 72.8 Å². The highest BCUT2D eigenvalue weighted by Crippen LogP contribution is 2.31. The van der Waals surface area contributed by atoms with Crippen LogP contribution in [0.5, 0.6) is 17.2 Å². The molecule has 0 N–H and O–H groups in total. The molecule has 0 spiro atoms. The van der Waals surface area contributed by atoms with Crippen molar-refractivity contribution in [3.63, 3.8) is 0 Å². The molecule has 3 aromatic rings. The van der Waals surface area contributed by atoms with E-state index in [0.29, 0.717) is 22.6 Å². The lowest BCUT2D eigenvalue weighted by atomic mass is 9.86. The average Bonchev–Trinajstić information content (AvgIpc) is 2.83. The standard InChI is InChI=1S/C26H26O5/c1-29-20-14-12-18(13-15-20)19(16-23(27)21-8-4-6-10-25(21)30-2)17-24(28)22-9-5-7-11-26(22)31-3/h4-15,19H,16-17H2,1-3H3. The fourth-order valence-electron chi connectivity index (χ4n) is 3.60. The smallest absolute Gasteiger partial charge is 0.167 e. The van der Waals surface area contributed by atoms with Gasteiger partial charge in [0.05, 0.1) is 32.5 Å². The highest BCUT2D eigenvalue weighted by Gasteiger charge is 2.24. The summed E-state index contributed by atoms with van der Waals surface area (Å²) in [5, 5.41) is 0. The van der Waals surface area contributed by atoms with Crippen LogP contribution in [0.3, 0.4) is 0 Å². The van der Waals surface area contributed by atoms with Crippen molar-refractivity contribution in [2.45, 2.75) is 18.8 Å². The summed E-state index contributed by atoms with van der Waals surface area (Å²) >= 11 is 0. The van der Waals surface area contributed by atoms with Crippen molar-refractivity contribution < 1.29 is 23.8 Å². The third-order valence-electron chi connectivity index (χ3n) is 5.27. The Labute approximate surface area is 182 Å². The van der Waals surface area contributed by atoms with E-state index in [-0.39, 0.29) is 30.3 Å². The van der Waals surface area contributed by atoms with Crippen LogP contribution in [0, 0.1) is 0 Å². The molecule has 3 rings (SSSR count). The second kappa shape index (κ2) is 10.4. The Morgan fingerprint density at radius 2 is 1.10 bits per heavy atom. The first-order valence-electron chi connectivity index (χ1n) is 10.0. The van der Waals surface area contributed by atoms with Crippen molar-refractivity contribution in [2.24, 2.45) is 0 Å². The van der Waals surface area contributed by atoms with Gasteiger partial charge in [0, 0.05) is 12.8 Å². The number of benzene rings is 3. The van der Waals surface area contributed by atoms with Gasteiger partial charge in [-0.1, -0.05) is 36.4 Å². The summed E-state index contributed by atoms with van der Waals surface area (Å²) in [6, 6.07) is 21.7. The van der Waals surface area contributed by atoms with Crippen LogP contribution in [0.1, 0.15) is 45.0 Å². The third kappa shape index (κ3) is 5.31. The van der Waals surface area contributed by atoms with Crippen LogP contribution in [-0.2, 0) is 0 Å². The number of rotatable bonds is 10. The molecule has 0 atom stereocenters. The van der Waals surface area contributed by atoms with E-state index in [0.717, 1.165) is 11.3 Å². The molecule has 0 amide bonds. The molecule has 0 unspecified atom stereocenters. The molecule has 0 radical (unpaired) electrons. The molecule has 0 saturated carbocycles. The molecule has 3 aromatic carbocycles. The van der Waals surface area contributed by atoms with E-state index in [1.165, 1.54) is 14.2 Å². The number of para-hydroxylation sites is 2. The molecule has 0 aromatic heterocycles. The number of methoxy groups -OCH3 is 3. The maximum Gasteiger partial charge on any atom is 0.167 e. The minimum absolute atomic E-state index is 0.0777. The number of ether oxygens (including phenoxy) is 3. The van der Waals surface area contributed by atoms with Crippen molar-refractivity contribution in [3.8, 4) is 17.2 Å². The quantitative estimate of drug-likeness (QED) is 0.416. The van der Waals surface area contributed by atoms with Gasteiger partial charge in [-0.3, -0.25) is 9.59 Å². The molecule has 5 nitrogen and oxygen atoms in total. The van der Waals surface area contributed by atoms with Crippen LogP contribution in [0.2, 0.25) is 0 Å². The van der Waals surface area contributed by atoms with Crippen LogP contribution in [-0.4, -0.2) is 32.9 Å². The van der Waals surface area contributed by atoms with Crippen LogP contribution in [0.25, 0.3) is 0 Å². The van der Waals surface area contributed by atoms with Crippen molar-refractivity contribution in [3.05, 3.63) is 89.5 Å². The van der Waals surface area contributed by atoms with Crippen LogP contribution in [0.4, 0.5) is 0 Å². The summed E-state index contributed by atoms with van der Waals surface area (Å²) in [4.78, 5) is 26.3. The van der Waals surface area contributed by atoms with Gasteiger partial charge in [0.25, 0.3) is 0 Å². The number of ketones is 2. The minimum atomic E-state index is -0.305. The van der Waals surface area contributed by atoms with Crippen molar-refractivity contribution in [1.82, 2.24) is 0 Å². The lowest BCUT2D eigenvalue weighted by molar-refractivity contribution is 0.0941. The third-order valence-corrected chi connectivity index (χ3v) is 5.27. The monoisotopic (exact) mass is 418 g/mol. The zero-order chi connectivity index (χ0) is 22.2. The van der Waals surface area contributed by atoms with Gasteiger partial charge >= 0.3 is 0 Å². The first kappa shape index (κ1) is 22.1. The predicted molar refractivity (Wildman–Crippen MR) is 120 cm³/mol. The maximum absolute atomic E-state index is 13.1. The Balaban J connectivity index is 1.90. The fraction of sp³-hybridized carbons (Fsp3) is 0.231. The number of hydrogen-bond acceptors (Lipinski definition) is 5. The van der Waals surface area contributed by atoms with E-state index < -0.39 is 0 Å². The van der Waals surface area contributed by atoms with Crippen molar-refractivity contribution >= 4 is 11.6 Å². The molecular weight excluding hydrogens is 392 g/mol. The number of carbonyl (C=O) groups excluding carboxylic acids is 2. The zero-order valence-corrected chi connectivity index (χ0v) is 18.0. The molecule has 0 bridgehead atoms. The number of carbonyl (C=O) groups is 2. The van der Waals surface area contributed by atoms with Gasteiger partial charge in [0.1, 0.15) is 17.2 Å². The van der Waals surface area contributed by atoms with Crippen molar-refractivity contribution in [1.29, 1.82) is 0 Å². The van der Waals surface area contributed by atoms with Gasteiger partial charge in [0.15, 0.2) is 11.6 Å². The zero-order valence-electron chi connectivity index (χ0n) is 18.0. The predicted octanol–water partition coefficient (Wildman–Crippen LogP) is 5.34. The Kier molecular flexibility index (Phi) is 7.44. The summed E-state index contributed by atoms with van der Waals surface area (Å²) in [5.41, 5.74) is 1.91. The molecule has 5 heteroatoms. The first-order chi connectivity index (χ1) is 15.1. The lowest BCUT2D eigenvalue weighted by Gasteiger charge is -2.18. The summed E-state index contributed by atoms with van der Waals surface area (Å²) < 4.78 is 15.9. The Morgan fingerprint density at radius 3 is 1.52 bits per heavy atom. The summed E-state index contributed by atoms with van der Waals surface area (Å²) in [5.74, 6) is 1.31. The van der Waals surface area contributed by atoms with Crippen LogP contribution >= 0.6 is 0 Å². The molecule has 0 aliphatic heterocycles. The fourth-order valence-corrected chi connectivity index (χ4v) is 3.60. The molecule has 0 saturated heterocycles. The Morgan fingerprint density at radius 1 is 0.645 bits per heavy atom. The largest absolute Gasteiger partial charge is 0.497 e. The Hall–Kier alpha value is -3.60. The van der Waals surface area contributed by atoms with E-state index >= 15 is 0 Å². The van der Waals surface area contributed by atoms with E-state index in [9.17, 15) is 9.59 Å². The molecule has 31 heavy (non-hydrogen) atoms. The second-order valence-electron chi connectivity index (χ2n) is 7.13. The summed E-state index contributed by atoms with van der Waals surface area (Å²) in [6.45, 7) is 0. The SMILES string of the molecule is COc1ccc(C(CC(=O)c2ccccc2OC)CC(=O)c2ccccc2OC)cc1. The van der Waals surface area contributed by atoms with Crippen LogP contribution < -0.4 is 14.2 Å². The molecule has 0 heterocycles. The van der Waals surface area contributed by atoms with E-state index in [4.69, 9.17) is 14.2 Å². The summed E-state index contributed by atoms with van der Waals surface area (Å²) in [7, 11) is 4.68. The van der Waals surface area contributed by atoms with Gasteiger partial charge in [-0.05, 0) is 47.9 Å². The lowest BCUT2D eigenvalue weighted by Crippen LogP contribution is -2.14. The summed E-state index contributed by atoms with van der Waals surface area (Å²) in [6.07, 6.45) is 0.348. The number of Topliss-reactive ketones (excluding diaryl/α,β-unsaturated/α-hetero) is 2. The van der Waals surface area contributed by atoms with E-state index in [2.05, 4.69) is 0 Å². The molecule has 160 valence electrons. The topological polar surface area (TPSA) is 61.8 Å². The molecule has 0 fully saturated rings. The highest BCUT2D eigenvalue weighted by atomic mass is 16.5. The van der Waals surface area contributed by atoms with Gasteiger partial charge in [-0.2, -0.15) is 0 Å². The maximum atomic E-state index is 13.1. The molecule has 0 aliphatic rings.